The smallest absolute Gasteiger partial charge is 0.262 e. The molecule has 0 aliphatic rings. The average molecular weight is 437 g/mol. The van der Waals surface area contributed by atoms with E-state index in [-0.39, 0.29) is 10.8 Å². The summed E-state index contributed by atoms with van der Waals surface area (Å²) in [6.07, 6.45) is 2.95. The number of nitrogens with zero attached hydrogens (tertiary/aromatic N) is 4. The normalized spacial score (nSPS) is 12.6. The van der Waals surface area contributed by atoms with Crippen LogP contribution in [-0.4, -0.2) is 19.7 Å². The molecule has 8 heteroatoms. The lowest BCUT2D eigenvalue weighted by molar-refractivity contribution is 0.374. The second kappa shape index (κ2) is 8.35. The fraction of sp³-hybridized carbons (Fsp3) is 0.444. The molecule has 1 unspecified atom stereocenters. The third kappa shape index (κ3) is 4.01. The monoisotopic (exact) mass is 436 g/mol. The number of fused-ring (bicyclic) bond motifs is 1. The lowest BCUT2D eigenvalue weighted by Crippen LogP contribution is -2.22. The summed E-state index contributed by atoms with van der Waals surface area (Å²) >= 11 is 4.88. The first-order valence-corrected chi connectivity index (χ1v) is 10.4. The van der Waals surface area contributed by atoms with Gasteiger partial charge in [0.2, 0.25) is 5.89 Å². The average Bonchev–Trinajstić information content (AvgIpc) is 3.10. The first-order chi connectivity index (χ1) is 12.5. The summed E-state index contributed by atoms with van der Waals surface area (Å²) in [7, 11) is 0. The predicted octanol–water partition coefficient (Wildman–Crippen LogP) is 4.76. The maximum absolute atomic E-state index is 12.8. The molecule has 0 N–H and O–H groups in total. The van der Waals surface area contributed by atoms with Gasteiger partial charge in [-0.1, -0.05) is 46.2 Å². The number of aryl methyl sites for hydroxylation is 1. The zero-order valence-electron chi connectivity index (χ0n) is 15.0. The molecule has 2 heterocycles. The van der Waals surface area contributed by atoms with E-state index < -0.39 is 0 Å². The first kappa shape index (κ1) is 19.1. The van der Waals surface area contributed by atoms with Crippen LogP contribution in [0.25, 0.3) is 10.9 Å². The number of aromatic nitrogens is 4. The van der Waals surface area contributed by atoms with Crippen LogP contribution in [0.4, 0.5) is 0 Å². The zero-order chi connectivity index (χ0) is 18.7. The molecule has 0 saturated heterocycles. The summed E-state index contributed by atoms with van der Waals surface area (Å²) in [6, 6.07) is 5.55. The van der Waals surface area contributed by atoms with E-state index in [1.807, 2.05) is 32.0 Å². The van der Waals surface area contributed by atoms with Gasteiger partial charge >= 0.3 is 0 Å². The molecule has 0 saturated carbocycles. The van der Waals surface area contributed by atoms with E-state index >= 15 is 0 Å². The van der Waals surface area contributed by atoms with Crippen molar-refractivity contribution in [3.8, 4) is 0 Å². The lowest BCUT2D eigenvalue weighted by atomic mass is 10.2. The van der Waals surface area contributed by atoms with Crippen LogP contribution in [0.3, 0.4) is 0 Å². The summed E-state index contributed by atoms with van der Waals surface area (Å²) in [5.74, 6) is 1.30. The third-order valence-corrected chi connectivity index (χ3v) is 5.64. The number of benzene rings is 1. The molecule has 138 valence electrons. The van der Waals surface area contributed by atoms with Crippen LogP contribution in [0.2, 0.25) is 0 Å². The minimum absolute atomic E-state index is 0.0392. The van der Waals surface area contributed by atoms with Crippen LogP contribution in [0, 0.1) is 0 Å². The van der Waals surface area contributed by atoms with Gasteiger partial charge in [-0.2, -0.15) is 4.98 Å². The first-order valence-electron chi connectivity index (χ1n) is 8.72. The highest BCUT2D eigenvalue weighted by Gasteiger charge is 2.19. The number of rotatable bonds is 7. The second-order valence-corrected chi connectivity index (χ2v) is 8.24. The van der Waals surface area contributed by atoms with Crippen LogP contribution < -0.4 is 5.56 Å². The van der Waals surface area contributed by atoms with Crippen molar-refractivity contribution in [2.45, 2.75) is 57.0 Å². The molecule has 3 rings (SSSR count). The summed E-state index contributed by atoms with van der Waals surface area (Å²) in [5, 5.41) is 5.22. The van der Waals surface area contributed by atoms with Crippen molar-refractivity contribution in [1.29, 1.82) is 0 Å². The summed E-state index contributed by atoms with van der Waals surface area (Å²) in [6.45, 7) is 6.61. The van der Waals surface area contributed by atoms with Crippen molar-refractivity contribution < 1.29 is 4.52 Å². The Labute approximate surface area is 164 Å². The fourth-order valence-corrected chi connectivity index (χ4v) is 3.98. The van der Waals surface area contributed by atoms with E-state index in [1.165, 1.54) is 11.8 Å². The van der Waals surface area contributed by atoms with E-state index in [2.05, 4.69) is 38.0 Å². The molecule has 0 radical (unpaired) electrons. The number of hydrogen-bond acceptors (Lipinski definition) is 6. The van der Waals surface area contributed by atoms with Crippen LogP contribution in [0.15, 0.2) is 37.1 Å². The standard InChI is InChI=1S/C18H21BrN4O2S/c1-4-6-7-15-21-16(25-22-15)11(3)26-18-20-14-9-8-12(19)10-13(14)17(24)23(18)5-2/h8-11H,4-7H2,1-3H3. The minimum atomic E-state index is -0.0875. The SMILES string of the molecule is CCCCc1noc(C(C)Sc2nc3ccc(Br)cc3c(=O)n2CC)n1. The molecule has 1 aromatic carbocycles. The van der Waals surface area contributed by atoms with E-state index in [9.17, 15) is 4.79 Å². The van der Waals surface area contributed by atoms with Gasteiger partial charge in [0, 0.05) is 17.4 Å². The Hall–Kier alpha value is -1.67. The Bertz CT molecular complexity index is 969. The zero-order valence-corrected chi connectivity index (χ0v) is 17.4. The Morgan fingerprint density at radius 3 is 2.85 bits per heavy atom. The highest BCUT2D eigenvalue weighted by Crippen LogP contribution is 2.33. The second-order valence-electron chi connectivity index (χ2n) is 6.02. The van der Waals surface area contributed by atoms with Crippen LogP contribution in [0.5, 0.6) is 0 Å². The molecular formula is C18H21BrN4O2S. The molecule has 6 nitrogen and oxygen atoms in total. The highest BCUT2D eigenvalue weighted by molar-refractivity contribution is 9.10. The lowest BCUT2D eigenvalue weighted by Gasteiger charge is -2.13. The maximum atomic E-state index is 12.8. The van der Waals surface area contributed by atoms with Crippen molar-refractivity contribution in [3.05, 3.63) is 44.7 Å². The van der Waals surface area contributed by atoms with Crippen LogP contribution in [0.1, 0.15) is 50.6 Å². The number of unbranched alkanes of at least 4 members (excludes halogenated alkanes) is 1. The largest absolute Gasteiger partial charge is 0.338 e. The Morgan fingerprint density at radius 2 is 2.12 bits per heavy atom. The predicted molar refractivity (Wildman–Crippen MR) is 107 cm³/mol. The molecule has 26 heavy (non-hydrogen) atoms. The summed E-state index contributed by atoms with van der Waals surface area (Å²) in [5.41, 5.74) is 0.648. The minimum Gasteiger partial charge on any atom is -0.338 e. The van der Waals surface area contributed by atoms with Gasteiger partial charge in [0.1, 0.15) is 0 Å². The van der Waals surface area contributed by atoms with Gasteiger partial charge in [0.25, 0.3) is 5.56 Å². The van der Waals surface area contributed by atoms with Gasteiger partial charge < -0.3 is 4.52 Å². The highest BCUT2D eigenvalue weighted by atomic mass is 79.9. The van der Waals surface area contributed by atoms with E-state index in [1.54, 1.807) is 4.57 Å². The Kier molecular flexibility index (Phi) is 6.13. The van der Waals surface area contributed by atoms with Crippen molar-refractivity contribution >= 4 is 38.6 Å². The molecular weight excluding hydrogens is 416 g/mol. The molecule has 0 amide bonds. The van der Waals surface area contributed by atoms with Gasteiger partial charge in [-0.3, -0.25) is 9.36 Å². The molecule has 1 atom stereocenters. The van der Waals surface area contributed by atoms with Crippen molar-refractivity contribution in [2.24, 2.45) is 0 Å². The third-order valence-electron chi connectivity index (χ3n) is 4.07. The Morgan fingerprint density at radius 1 is 1.31 bits per heavy atom. The van der Waals surface area contributed by atoms with Gasteiger partial charge in [-0.15, -0.1) is 0 Å². The van der Waals surface area contributed by atoms with Gasteiger partial charge in [0.05, 0.1) is 16.2 Å². The molecule has 3 aromatic rings. The molecule has 0 aliphatic heterocycles. The van der Waals surface area contributed by atoms with Gasteiger partial charge in [-0.05, 0) is 38.5 Å². The van der Waals surface area contributed by atoms with E-state index in [4.69, 9.17) is 4.52 Å². The quantitative estimate of drug-likeness (QED) is 0.392. The van der Waals surface area contributed by atoms with E-state index in [0.717, 1.165) is 29.6 Å². The summed E-state index contributed by atoms with van der Waals surface area (Å²) < 4.78 is 7.95. The van der Waals surface area contributed by atoms with Crippen molar-refractivity contribution in [1.82, 2.24) is 19.7 Å². The van der Waals surface area contributed by atoms with Crippen LogP contribution >= 0.6 is 27.7 Å². The van der Waals surface area contributed by atoms with Crippen molar-refractivity contribution in [2.75, 3.05) is 0 Å². The number of hydrogen-bond donors (Lipinski definition) is 0. The van der Waals surface area contributed by atoms with Crippen LogP contribution in [-0.2, 0) is 13.0 Å². The maximum Gasteiger partial charge on any atom is 0.262 e. The number of thioether (sulfide) groups is 1. The topological polar surface area (TPSA) is 73.8 Å². The molecule has 0 aliphatic carbocycles. The molecule has 0 bridgehead atoms. The Balaban J connectivity index is 1.91. The van der Waals surface area contributed by atoms with Crippen molar-refractivity contribution in [3.63, 3.8) is 0 Å². The van der Waals surface area contributed by atoms with Gasteiger partial charge in [0.15, 0.2) is 11.0 Å². The van der Waals surface area contributed by atoms with Gasteiger partial charge in [-0.25, -0.2) is 4.98 Å². The molecule has 0 fully saturated rings. The fourth-order valence-electron chi connectivity index (χ4n) is 2.62. The summed E-state index contributed by atoms with van der Waals surface area (Å²) in [4.78, 5) is 22.0. The number of halogens is 1. The molecule has 2 aromatic heterocycles. The van der Waals surface area contributed by atoms with E-state index in [0.29, 0.717) is 28.5 Å². The molecule has 0 spiro atoms.